The van der Waals surface area contributed by atoms with Crippen molar-refractivity contribution < 1.29 is 0 Å². The van der Waals surface area contributed by atoms with Crippen LogP contribution in [-0.2, 0) is 20.6 Å². The largest absolute Gasteiger partial charge is 0.332 e. The van der Waals surface area contributed by atoms with Crippen molar-refractivity contribution in [3.63, 3.8) is 0 Å². The first-order chi connectivity index (χ1) is 8.49. The van der Waals surface area contributed by atoms with Crippen molar-refractivity contribution in [2.24, 2.45) is 14.1 Å². The topological polar surface area (TPSA) is 81.8 Å². The van der Waals surface area contributed by atoms with E-state index < -0.39 is 16.9 Å². The van der Waals surface area contributed by atoms with E-state index in [1.165, 1.54) is 23.2 Å². The van der Waals surface area contributed by atoms with Gasteiger partial charge in [-0.1, -0.05) is 6.08 Å². The Morgan fingerprint density at radius 1 is 1.22 bits per heavy atom. The summed E-state index contributed by atoms with van der Waals surface area (Å²) in [7, 11) is 3.01. The molecule has 0 unspecified atom stereocenters. The number of aromatic nitrogens is 4. The second-order valence-electron chi connectivity index (χ2n) is 4.06. The van der Waals surface area contributed by atoms with Crippen molar-refractivity contribution in [1.82, 2.24) is 18.7 Å². The molecule has 0 bridgehead atoms. The van der Waals surface area contributed by atoms with Gasteiger partial charge >= 0.3 is 11.4 Å². The van der Waals surface area contributed by atoms with Gasteiger partial charge in [-0.05, 0) is 6.42 Å². The maximum absolute atomic E-state index is 12.2. The normalized spacial score (nSPS) is 11.0. The van der Waals surface area contributed by atoms with E-state index >= 15 is 0 Å². The highest BCUT2D eigenvalue weighted by molar-refractivity contribution is 5.69. The highest BCUT2D eigenvalue weighted by Crippen LogP contribution is 1.99. The number of fused-ring (bicyclic) bond motifs is 1. The second kappa shape index (κ2) is 4.17. The molecular formula is C11H14N4O3. The lowest BCUT2D eigenvalue weighted by atomic mass is 10.4. The lowest BCUT2D eigenvalue weighted by Crippen LogP contribution is -2.39. The molecule has 0 saturated carbocycles. The number of allylic oxidation sites excluding steroid dienone is 1. The number of H-pyrrole nitrogens is 1. The number of aromatic amines is 1. The minimum atomic E-state index is -0.462. The van der Waals surface area contributed by atoms with Crippen LogP contribution in [0.3, 0.4) is 0 Å². The molecule has 0 aliphatic carbocycles. The van der Waals surface area contributed by atoms with Crippen LogP contribution in [0.5, 0.6) is 0 Å². The summed E-state index contributed by atoms with van der Waals surface area (Å²) in [5.41, 5.74) is -0.885. The fraction of sp³-hybridized carbons (Fsp3) is 0.364. The minimum Gasteiger partial charge on any atom is -0.291 e. The van der Waals surface area contributed by atoms with Gasteiger partial charge in [-0.2, -0.15) is 0 Å². The highest BCUT2D eigenvalue weighted by atomic mass is 16.2. The zero-order valence-electron chi connectivity index (χ0n) is 10.3. The van der Waals surface area contributed by atoms with Gasteiger partial charge in [0, 0.05) is 20.6 Å². The van der Waals surface area contributed by atoms with E-state index in [-0.39, 0.29) is 17.7 Å². The molecule has 0 radical (unpaired) electrons. The van der Waals surface area contributed by atoms with Gasteiger partial charge in [0.1, 0.15) is 5.65 Å². The predicted molar refractivity (Wildman–Crippen MR) is 67.9 cm³/mol. The average Bonchev–Trinajstić information content (AvgIpc) is 2.64. The summed E-state index contributed by atoms with van der Waals surface area (Å²) in [6.07, 6.45) is 2.14. The molecule has 0 saturated heterocycles. The van der Waals surface area contributed by atoms with Crippen molar-refractivity contribution in [2.45, 2.75) is 13.0 Å². The molecule has 0 aliphatic rings. The van der Waals surface area contributed by atoms with E-state index in [9.17, 15) is 14.4 Å². The molecule has 0 aromatic carbocycles. The molecule has 0 fully saturated rings. The van der Waals surface area contributed by atoms with Gasteiger partial charge in [-0.15, -0.1) is 6.58 Å². The molecule has 0 spiro atoms. The van der Waals surface area contributed by atoms with Crippen LogP contribution in [-0.4, -0.2) is 18.7 Å². The molecule has 18 heavy (non-hydrogen) atoms. The quantitative estimate of drug-likeness (QED) is 0.731. The van der Waals surface area contributed by atoms with Gasteiger partial charge in [-0.3, -0.25) is 23.5 Å². The standard InChI is InChI=1S/C11H14N4O3/c1-4-5-6-15-9(16)7-8(14(3)11(15)18)12-10(17)13(7)2/h4H,1,5-6H2,2-3H3,(H,12,17). The lowest BCUT2D eigenvalue weighted by molar-refractivity contribution is 0.608. The van der Waals surface area contributed by atoms with Gasteiger partial charge in [0.15, 0.2) is 5.52 Å². The summed E-state index contributed by atoms with van der Waals surface area (Å²) in [5, 5.41) is 0. The Balaban J connectivity index is 2.94. The molecule has 2 heterocycles. The SMILES string of the molecule is C=CCCn1c(=O)c2c([nH]c(=O)n2C)n(C)c1=O. The maximum Gasteiger partial charge on any atom is 0.332 e. The number of imidazole rings is 1. The highest BCUT2D eigenvalue weighted by Gasteiger charge is 2.15. The molecule has 0 atom stereocenters. The molecule has 2 aromatic heterocycles. The summed E-state index contributed by atoms with van der Waals surface area (Å²) in [6.45, 7) is 3.81. The van der Waals surface area contributed by atoms with Crippen molar-refractivity contribution in [3.8, 4) is 0 Å². The number of rotatable bonds is 3. The molecule has 0 amide bonds. The molecule has 0 aliphatic heterocycles. The smallest absolute Gasteiger partial charge is 0.291 e. The average molecular weight is 250 g/mol. The summed E-state index contributed by atoms with van der Waals surface area (Å²) < 4.78 is 3.58. The van der Waals surface area contributed by atoms with E-state index in [2.05, 4.69) is 11.6 Å². The van der Waals surface area contributed by atoms with Gasteiger partial charge in [0.05, 0.1) is 0 Å². The van der Waals surface area contributed by atoms with E-state index in [0.717, 1.165) is 4.57 Å². The van der Waals surface area contributed by atoms with Crippen molar-refractivity contribution in [3.05, 3.63) is 44.0 Å². The summed E-state index contributed by atoms with van der Waals surface area (Å²) in [4.78, 5) is 38.2. The number of hydrogen-bond donors (Lipinski definition) is 1. The van der Waals surface area contributed by atoms with E-state index in [0.29, 0.717) is 6.42 Å². The Kier molecular flexibility index (Phi) is 2.82. The van der Waals surface area contributed by atoms with Crippen LogP contribution >= 0.6 is 0 Å². The Labute approximate surface area is 102 Å². The van der Waals surface area contributed by atoms with E-state index in [1.807, 2.05) is 0 Å². The molecular weight excluding hydrogens is 236 g/mol. The van der Waals surface area contributed by atoms with Crippen LogP contribution in [0.2, 0.25) is 0 Å². The van der Waals surface area contributed by atoms with E-state index in [4.69, 9.17) is 0 Å². The van der Waals surface area contributed by atoms with Crippen molar-refractivity contribution in [2.75, 3.05) is 0 Å². The number of aryl methyl sites for hydroxylation is 2. The lowest BCUT2D eigenvalue weighted by Gasteiger charge is -2.07. The maximum atomic E-state index is 12.2. The fourth-order valence-corrected chi connectivity index (χ4v) is 1.90. The van der Waals surface area contributed by atoms with Gasteiger partial charge in [0.25, 0.3) is 5.56 Å². The summed E-state index contributed by atoms with van der Waals surface area (Å²) in [5.74, 6) is 0. The number of hydrogen-bond acceptors (Lipinski definition) is 3. The Hall–Kier alpha value is -2.31. The van der Waals surface area contributed by atoms with Crippen molar-refractivity contribution in [1.29, 1.82) is 0 Å². The van der Waals surface area contributed by atoms with Crippen LogP contribution < -0.4 is 16.9 Å². The molecule has 2 aromatic rings. The van der Waals surface area contributed by atoms with Crippen LogP contribution in [0, 0.1) is 0 Å². The summed E-state index contributed by atoms with van der Waals surface area (Å²) >= 11 is 0. The second-order valence-corrected chi connectivity index (χ2v) is 4.06. The zero-order valence-corrected chi connectivity index (χ0v) is 10.3. The van der Waals surface area contributed by atoms with Crippen LogP contribution in [0.4, 0.5) is 0 Å². The first kappa shape index (κ1) is 12.2. The minimum absolute atomic E-state index is 0.200. The Bertz CT molecular complexity index is 787. The third-order valence-corrected chi connectivity index (χ3v) is 2.95. The monoisotopic (exact) mass is 250 g/mol. The fourth-order valence-electron chi connectivity index (χ4n) is 1.90. The molecule has 1 N–H and O–H groups in total. The molecule has 7 nitrogen and oxygen atoms in total. The first-order valence-electron chi connectivity index (χ1n) is 5.48. The zero-order chi connectivity index (χ0) is 13.4. The Morgan fingerprint density at radius 3 is 2.50 bits per heavy atom. The molecule has 96 valence electrons. The number of nitrogens with one attached hydrogen (secondary N) is 1. The summed E-state index contributed by atoms with van der Waals surface area (Å²) in [6, 6.07) is 0. The van der Waals surface area contributed by atoms with Crippen LogP contribution in [0.15, 0.2) is 27.0 Å². The van der Waals surface area contributed by atoms with Crippen LogP contribution in [0.25, 0.3) is 11.2 Å². The van der Waals surface area contributed by atoms with Gasteiger partial charge in [-0.25, -0.2) is 9.59 Å². The van der Waals surface area contributed by atoms with Gasteiger partial charge < -0.3 is 0 Å². The predicted octanol–water partition coefficient (Wildman–Crippen LogP) is -0.697. The van der Waals surface area contributed by atoms with Crippen LogP contribution in [0.1, 0.15) is 6.42 Å². The third-order valence-electron chi connectivity index (χ3n) is 2.95. The molecule has 7 heteroatoms. The van der Waals surface area contributed by atoms with Crippen molar-refractivity contribution >= 4 is 11.2 Å². The third kappa shape index (κ3) is 1.55. The van der Waals surface area contributed by atoms with E-state index in [1.54, 1.807) is 6.08 Å². The first-order valence-corrected chi connectivity index (χ1v) is 5.48. The Morgan fingerprint density at radius 2 is 1.89 bits per heavy atom. The number of nitrogens with zero attached hydrogens (tertiary/aromatic N) is 3. The molecule has 2 rings (SSSR count). The van der Waals surface area contributed by atoms with Gasteiger partial charge in [0.2, 0.25) is 0 Å².